The number of hydrogen-bond donors (Lipinski definition) is 0. The third-order valence-corrected chi connectivity index (χ3v) is 6.19. The van der Waals surface area contributed by atoms with E-state index in [2.05, 4.69) is 39.7 Å². The summed E-state index contributed by atoms with van der Waals surface area (Å²) in [6.07, 6.45) is 2.52. The average molecular weight is 384 g/mol. The number of aromatic nitrogens is 1. The highest BCUT2D eigenvalue weighted by Gasteiger charge is 2.21. The van der Waals surface area contributed by atoms with Gasteiger partial charge in [0.05, 0.1) is 12.2 Å². The van der Waals surface area contributed by atoms with Crippen molar-refractivity contribution >= 4 is 27.3 Å². The van der Waals surface area contributed by atoms with Crippen LogP contribution in [0.2, 0.25) is 0 Å². The first-order valence-corrected chi connectivity index (χ1v) is 10.4. The second-order valence-corrected chi connectivity index (χ2v) is 8.11. The van der Waals surface area contributed by atoms with Crippen LogP contribution >= 0.6 is 11.3 Å². The molecule has 2 aromatic heterocycles. The van der Waals surface area contributed by atoms with E-state index in [1.54, 1.807) is 11.3 Å². The summed E-state index contributed by atoms with van der Waals surface area (Å²) in [6, 6.07) is 10.5. The van der Waals surface area contributed by atoms with Crippen molar-refractivity contribution in [1.82, 2.24) is 15.0 Å². The van der Waals surface area contributed by atoms with Crippen LogP contribution in [0, 0.1) is 6.92 Å². The van der Waals surface area contributed by atoms with Crippen LogP contribution in [0.25, 0.3) is 10.1 Å². The third kappa shape index (κ3) is 4.39. The van der Waals surface area contributed by atoms with Crippen molar-refractivity contribution in [2.75, 3.05) is 26.2 Å². The van der Waals surface area contributed by atoms with Gasteiger partial charge in [-0.15, -0.1) is 11.3 Å². The van der Waals surface area contributed by atoms with Crippen molar-refractivity contribution in [3.05, 3.63) is 52.7 Å². The minimum Gasteiger partial charge on any atom is -0.360 e. The van der Waals surface area contributed by atoms with Crippen LogP contribution in [0.1, 0.15) is 29.9 Å². The summed E-state index contributed by atoms with van der Waals surface area (Å²) in [7, 11) is 0. The van der Waals surface area contributed by atoms with E-state index in [0.717, 1.165) is 57.0 Å². The van der Waals surface area contributed by atoms with Gasteiger partial charge in [0, 0.05) is 43.4 Å². The number of piperazine rings is 1. The first-order chi connectivity index (χ1) is 13.2. The van der Waals surface area contributed by atoms with Crippen LogP contribution < -0.4 is 0 Å². The van der Waals surface area contributed by atoms with Crippen molar-refractivity contribution < 1.29 is 9.32 Å². The highest BCUT2D eigenvalue weighted by atomic mass is 32.1. The number of fused-ring (bicyclic) bond motifs is 1. The van der Waals surface area contributed by atoms with Gasteiger partial charge in [-0.2, -0.15) is 0 Å². The minimum atomic E-state index is 0.282. The molecule has 0 spiro atoms. The molecule has 27 heavy (non-hydrogen) atoms. The van der Waals surface area contributed by atoms with Crippen LogP contribution in [-0.4, -0.2) is 47.0 Å². The van der Waals surface area contributed by atoms with E-state index >= 15 is 0 Å². The van der Waals surface area contributed by atoms with Crippen molar-refractivity contribution in [3.8, 4) is 0 Å². The Morgan fingerprint density at radius 3 is 2.81 bits per heavy atom. The highest BCUT2D eigenvalue weighted by molar-refractivity contribution is 7.17. The van der Waals surface area contributed by atoms with E-state index in [1.807, 2.05) is 17.9 Å². The van der Waals surface area contributed by atoms with E-state index < -0.39 is 0 Å². The van der Waals surface area contributed by atoms with Crippen LogP contribution in [0.3, 0.4) is 0 Å². The maximum atomic E-state index is 12.5. The fraction of sp³-hybridized carbons (Fsp3) is 0.429. The van der Waals surface area contributed by atoms with Crippen molar-refractivity contribution in [2.45, 2.75) is 32.7 Å². The Bertz CT molecular complexity index is 909. The number of carbonyl (C=O) groups excluding carboxylic acids is 1. The predicted molar refractivity (Wildman–Crippen MR) is 108 cm³/mol. The van der Waals surface area contributed by atoms with Gasteiger partial charge in [0.15, 0.2) is 5.76 Å². The van der Waals surface area contributed by atoms with E-state index in [0.29, 0.717) is 6.42 Å². The second-order valence-electron chi connectivity index (χ2n) is 7.20. The van der Waals surface area contributed by atoms with E-state index in [-0.39, 0.29) is 5.91 Å². The number of aryl methyl sites for hydroxylation is 2. The Morgan fingerprint density at radius 1 is 1.22 bits per heavy atom. The topological polar surface area (TPSA) is 49.6 Å². The predicted octanol–water partition coefficient (Wildman–Crippen LogP) is 3.86. The molecule has 1 aromatic carbocycles. The maximum absolute atomic E-state index is 12.5. The Balaban J connectivity index is 1.21. The Labute approximate surface area is 163 Å². The summed E-state index contributed by atoms with van der Waals surface area (Å²) in [5.41, 5.74) is 2.28. The lowest BCUT2D eigenvalue weighted by Gasteiger charge is -2.34. The lowest BCUT2D eigenvalue weighted by atomic mass is 10.1. The van der Waals surface area contributed by atoms with Gasteiger partial charge < -0.3 is 9.42 Å². The summed E-state index contributed by atoms with van der Waals surface area (Å²) in [6.45, 7) is 6.08. The number of rotatable bonds is 6. The minimum absolute atomic E-state index is 0.282. The second kappa shape index (κ2) is 8.23. The number of carbonyl (C=O) groups is 1. The van der Waals surface area contributed by atoms with E-state index in [1.165, 1.54) is 15.6 Å². The molecule has 5 nitrogen and oxygen atoms in total. The van der Waals surface area contributed by atoms with Crippen LogP contribution in [0.4, 0.5) is 0 Å². The molecule has 1 amide bonds. The fourth-order valence-electron chi connectivity index (χ4n) is 3.68. The van der Waals surface area contributed by atoms with Gasteiger partial charge in [-0.1, -0.05) is 23.4 Å². The molecule has 0 bridgehead atoms. The normalized spacial score (nSPS) is 15.5. The van der Waals surface area contributed by atoms with Crippen molar-refractivity contribution in [1.29, 1.82) is 0 Å². The molecule has 0 atom stereocenters. The van der Waals surface area contributed by atoms with Gasteiger partial charge in [0.25, 0.3) is 0 Å². The fourth-order valence-corrected chi connectivity index (χ4v) is 4.68. The van der Waals surface area contributed by atoms with E-state index in [4.69, 9.17) is 4.52 Å². The van der Waals surface area contributed by atoms with Crippen molar-refractivity contribution in [3.63, 3.8) is 0 Å². The molecule has 1 fully saturated rings. The summed E-state index contributed by atoms with van der Waals surface area (Å²) < 4.78 is 6.62. The van der Waals surface area contributed by atoms with Gasteiger partial charge in [-0.05, 0) is 42.2 Å². The molecular formula is C21H25N3O2S. The molecule has 1 aliphatic rings. The number of nitrogens with zero attached hydrogens (tertiary/aromatic N) is 3. The summed E-state index contributed by atoms with van der Waals surface area (Å²) >= 11 is 1.79. The van der Waals surface area contributed by atoms with Gasteiger partial charge >= 0.3 is 0 Å². The largest absolute Gasteiger partial charge is 0.360 e. The Morgan fingerprint density at radius 2 is 2.04 bits per heavy atom. The molecule has 0 unspecified atom stereocenters. The monoisotopic (exact) mass is 383 g/mol. The van der Waals surface area contributed by atoms with Crippen LogP contribution in [-0.2, 0) is 17.8 Å². The van der Waals surface area contributed by atoms with Crippen LogP contribution in [0.15, 0.2) is 40.2 Å². The smallest absolute Gasteiger partial charge is 0.222 e. The van der Waals surface area contributed by atoms with Gasteiger partial charge in [0.1, 0.15) is 0 Å². The number of hydrogen-bond acceptors (Lipinski definition) is 5. The molecule has 0 saturated carbocycles. The third-order valence-electron chi connectivity index (χ3n) is 5.18. The lowest BCUT2D eigenvalue weighted by molar-refractivity contribution is -0.133. The highest BCUT2D eigenvalue weighted by Crippen LogP contribution is 2.26. The number of benzene rings is 1. The Kier molecular flexibility index (Phi) is 5.55. The summed E-state index contributed by atoms with van der Waals surface area (Å²) in [4.78, 5) is 16.9. The molecule has 6 heteroatoms. The van der Waals surface area contributed by atoms with Gasteiger partial charge in [-0.3, -0.25) is 9.69 Å². The molecule has 0 aliphatic carbocycles. The summed E-state index contributed by atoms with van der Waals surface area (Å²) in [5, 5.41) is 7.51. The quantitative estimate of drug-likeness (QED) is 0.648. The van der Waals surface area contributed by atoms with Gasteiger partial charge in [0.2, 0.25) is 5.91 Å². The lowest BCUT2D eigenvalue weighted by Crippen LogP contribution is -2.48. The molecule has 0 radical (unpaired) electrons. The standard InChI is InChI=1S/C21H25N3O2S/c1-16-13-18(26-22-16)14-23-9-11-24(12-10-23)21(25)8-4-5-17-15-27-20-7-3-2-6-19(17)20/h2-3,6-7,13,15H,4-5,8-12,14H2,1H3. The first-order valence-electron chi connectivity index (χ1n) is 9.56. The maximum Gasteiger partial charge on any atom is 0.222 e. The van der Waals surface area contributed by atoms with Crippen LogP contribution in [0.5, 0.6) is 0 Å². The molecule has 0 N–H and O–H groups in total. The SMILES string of the molecule is Cc1cc(CN2CCN(C(=O)CCCc3csc4ccccc34)CC2)on1. The number of thiophene rings is 1. The molecule has 1 aliphatic heterocycles. The zero-order valence-electron chi connectivity index (χ0n) is 15.7. The molecule has 142 valence electrons. The number of amides is 1. The first kappa shape index (κ1) is 18.2. The molecule has 4 rings (SSSR count). The summed E-state index contributed by atoms with van der Waals surface area (Å²) in [5.74, 6) is 1.18. The zero-order valence-corrected chi connectivity index (χ0v) is 16.5. The zero-order chi connectivity index (χ0) is 18.6. The Hall–Kier alpha value is -2.18. The van der Waals surface area contributed by atoms with E-state index in [9.17, 15) is 4.79 Å². The average Bonchev–Trinajstić information content (AvgIpc) is 3.28. The molecule has 1 saturated heterocycles. The van der Waals surface area contributed by atoms with Crippen molar-refractivity contribution in [2.24, 2.45) is 0 Å². The molecular weight excluding hydrogens is 358 g/mol. The van der Waals surface area contributed by atoms with Gasteiger partial charge in [-0.25, -0.2) is 0 Å². The molecule has 3 heterocycles. The molecule has 3 aromatic rings.